The molecule has 2 nitrogen and oxygen atoms in total. The Balaban J connectivity index is 2.45. The van der Waals surface area contributed by atoms with Crippen molar-refractivity contribution in [2.24, 2.45) is 17.3 Å². The van der Waals surface area contributed by atoms with Gasteiger partial charge < -0.3 is 4.74 Å². The number of ether oxygens (including phenoxy) is 1. The minimum absolute atomic E-state index is 0.0209. The Morgan fingerprint density at radius 3 is 2.60 bits per heavy atom. The van der Waals surface area contributed by atoms with Gasteiger partial charge in [-0.2, -0.15) is 0 Å². The third kappa shape index (κ3) is 4.23. The van der Waals surface area contributed by atoms with E-state index in [1.165, 1.54) is 12.8 Å². The smallest absolute Gasteiger partial charge is 0.306 e. The van der Waals surface area contributed by atoms with Gasteiger partial charge >= 0.3 is 5.97 Å². The van der Waals surface area contributed by atoms with Crippen LogP contribution in [0.2, 0.25) is 0 Å². The summed E-state index contributed by atoms with van der Waals surface area (Å²) in [5, 5.41) is 0. The molecule has 0 spiro atoms. The molecule has 1 saturated carbocycles. The third-order valence-corrected chi connectivity index (χ3v) is 3.24. The van der Waals surface area contributed by atoms with Crippen molar-refractivity contribution in [3.05, 3.63) is 0 Å². The normalized spacial score (nSPS) is 29.9. The van der Waals surface area contributed by atoms with Crippen LogP contribution in [0.25, 0.3) is 0 Å². The van der Waals surface area contributed by atoms with Gasteiger partial charge in [-0.05, 0) is 43.4 Å². The van der Waals surface area contributed by atoms with E-state index < -0.39 is 0 Å². The molecule has 1 aliphatic carbocycles. The van der Waals surface area contributed by atoms with Gasteiger partial charge in [-0.15, -0.1) is 0 Å². The molecule has 0 radical (unpaired) electrons. The number of esters is 1. The molecule has 0 heterocycles. The quantitative estimate of drug-likeness (QED) is 0.670. The van der Waals surface area contributed by atoms with E-state index in [1.54, 1.807) is 0 Å². The Morgan fingerprint density at radius 1 is 1.40 bits per heavy atom. The van der Waals surface area contributed by atoms with Crippen LogP contribution in [0, 0.1) is 17.3 Å². The minimum atomic E-state index is -0.0209. The molecule has 2 heteroatoms. The highest BCUT2D eigenvalue weighted by Gasteiger charge is 2.33. The molecule has 0 aromatic rings. The van der Waals surface area contributed by atoms with Crippen LogP contribution in [0.5, 0.6) is 0 Å². The van der Waals surface area contributed by atoms with Crippen molar-refractivity contribution in [1.82, 2.24) is 0 Å². The van der Waals surface area contributed by atoms with Crippen molar-refractivity contribution in [2.45, 2.75) is 53.4 Å². The van der Waals surface area contributed by atoms with Crippen LogP contribution in [0.3, 0.4) is 0 Å². The summed E-state index contributed by atoms with van der Waals surface area (Å²) in [6.07, 6.45) is 4.24. The van der Waals surface area contributed by atoms with E-state index in [0.717, 1.165) is 12.3 Å². The molecule has 2 atom stereocenters. The van der Waals surface area contributed by atoms with Crippen molar-refractivity contribution < 1.29 is 9.53 Å². The highest BCUT2D eigenvalue weighted by molar-refractivity contribution is 5.69. The fraction of sp³-hybridized carbons (Fsp3) is 0.923. The molecular formula is C13H24O2. The van der Waals surface area contributed by atoms with Crippen LogP contribution < -0.4 is 0 Å². The summed E-state index contributed by atoms with van der Waals surface area (Å²) in [5.41, 5.74) is 0.398. The first-order chi connectivity index (χ1) is 6.93. The van der Waals surface area contributed by atoms with E-state index in [4.69, 9.17) is 4.74 Å². The van der Waals surface area contributed by atoms with E-state index in [1.807, 2.05) is 6.92 Å². The molecule has 1 rings (SSSR count). The lowest BCUT2D eigenvalue weighted by atomic mass is 9.67. The Labute approximate surface area is 93.4 Å². The van der Waals surface area contributed by atoms with Gasteiger partial charge in [0.25, 0.3) is 0 Å². The monoisotopic (exact) mass is 212 g/mol. The zero-order valence-corrected chi connectivity index (χ0v) is 10.5. The molecule has 15 heavy (non-hydrogen) atoms. The van der Waals surface area contributed by atoms with Gasteiger partial charge in [0.2, 0.25) is 0 Å². The van der Waals surface area contributed by atoms with Crippen LogP contribution >= 0.6 is 0 Å². The van der Waals surface area contributed by atoms with E-state index in [2.05, 4.69) is 20.8 Å². The predicted molar refractivity (Wildman–Crippen MR) is 61.5 cm³/mol. The van der Waals surface area contributed by atoms with Crippen LogP contribution in [0.15, 0.2) is 0 Å². The predicted octanol–water partition coefficient (Wildman–Crippen LogP) is 3.40. The van der Waals surface area contributed by atoms with Crippen molar-refractivity contribution >= 4 is 5.97 Å². The van der Waals surface area contributed by atoms with Gasteiger partial charge in [-0.25, -0.2) is 0 Å². The first kappa shape index (κ1) is 12.5. The Bertz CT molecular complexity index is 221. The fourth-order valence-electron chi connectivity index (χ4n) is 3.15. The summed E-state index contributed by atoms with van der Waals surface area (Å²) in [5.74, 6) is 1.25. The SMILES string of the molecule is CCOC(=O)CC1CC(C)CC(C)(C)C1. The van der Waals surface area contributed by atoms with E-state index in [0.29, 0.717) is 24.4 Å². The lowest BCUT2D eigenvalue weighted by Gasteiger charge is -2.38. The lowest BCUT2D eigenvalue weighted by molar-refractivity contribution is -0.144. The summed E-state index contributed by atoms with van der Waals surface area (Å²) in [7, 11) is 0. The van der Waals surface area contributed by atoms with E-state index in [9.17, 15) is 4.79 Å². The number of rotatable bonds is 3. The second kappa shape index (κ2) is 5.00. The van der Waals surface area contributed by atoms with Crippen molar-refractivity contribution in [1.29, 1.82) is 0 Å². The molecular weight excluding hydrogens is 188 g/mol. The largest absolute Gasteiger partial charge is 0.466 e. The lowest BCUT2D eigenvalue weighted by Crippen LogP contribution is -2.29. The zero-order valence-electron chi connectivity index (χ0n) is 10.5. The second-order valence-corrected chi connectivity index (χ2v) is 5.79. The average molecular weight is 212 g/mol. The molecule has 0 bridgehead atoms. The molecule has 0 amide bonds. The Morgan fingerprint density at radius 2 is 2.07 bits per heavy atom. The standard InChI is InChI=1S/C13H24O2/c1-5-15-12(14)7-11-6-10(2)8-13(3,4)9-11/h10-11H,5-9H2,1-4H3. The first-order valence-corrected chi connectivity index (χ1v) is 6.08. The maximum absolute atomic E-state index is 11.4. The van der Waals surface area contributed by atoms with Gasteiger partial charge in [0.15, 0.2) is 0 Å². The topological polar surface area (TPSA) is 26.3 Å². The fourth-order valence-corrected chi connectivity index (χ4v) is 3.15. The third-order valence-electron chi connectivity index (χ3n) is 3.24. The highest BCUT2D eigenvalue weighted by atomic mass is 16.5. The summed E-state index contributed by atoms with van der Waals surface area (Å²) in [6, 6.07) is 0. The Hall–Kier alpha value is -0.530. The number of hydrogen-bond acceptors (Lipinski definition) is 2. The molecule has 0 N–H and O–H groups in total. The van der Waals surface area contributed by atoms with Crippen LogP contribution in [0.1, 0.15) is 53.4 Å². The summed E-state index contributed by atoms with van der Waals surface area (Å²) in [6.45, 7) is 9.27. The van der Waals surface area contributed by atoms with Gasteiger partial charge in [0.1, 0.15) is 0 Å². The molecule has 0 aromatic carbocycles. The van der Waals surface area contributed by atoms with Crippen molar-refractivity contribution in [3.8, 4) is 0 Å². The second-order valence-electron chi connectivity index (χ2n) is 5.79. The van der Waals surface area contributed by atoms with E-state index >= 15 is 0 Å². The first-order valence-electron chi connectivity index (χ1n) is 6.08. The molecule has 0 aromatic heterocycles. The van der Waals surface area contributed by atoms with Gasteiger partial charge in [-0.3, -0.25) is 4.79 Å². The van der Waals surface area contributed by atoms with Crippen molar-refractivity contribution in [3.63, 3.8) is 0 Å². The molecule has 1 fully saturated rings. The molecule has 0 saturated heterocycles. The summed E-state index contributed by atoms with van der Waals surface area (Å²) in [4.78, 5) is 11.4. The summed E-state index contributed by atoms with van der Waals surface area (Å²) >= 11 is 0. The zero-order chi connectivity index (χ0) is 11.5. The molecule has 88 valence electrons. The van der Waals surface area contributed by atoms with Gasteiger partial charge in [0, 0.05) is 6.42 Å². The van der Waals surface area contributed by atoms with Crippen LogP contribution in [-0.4, -0.2) is 12.6 Å². The van der Waals surface area contributed by atoms with Crippen LogP contribution in [-0.2, 0) is 9.53 Å². The Kier molecular flexibility index (Phi) is 4.18. The number of hydrogen-bond donors (Lipinski definition) is 0. The van der Waals surface area contributed by atoms with Crippen molar-refractivity contribution in [2.75, 3.05) is 6.61 Å². The number of carbonyl (C=O) groups is 1. The average Bonchev–Trinajstić information content (AvgIpc) is 1.99. The molecule has 0 aliphatic heterocycles. The summed E-state index contributed by atoms with van der Waals surface area (Å²) < 4.78 is 5.01. The minimum Gasteiger partial charge on any atom is -0.466 e. The van der Waals surface area contributed by atoms with Gasteiger partial charge in [-0.1, -0.05) is 20.8 Å². The maximum Gasteiger partial charge on any atom is 0.306 e. The molecule has 2 unspecified atom stereocenters. The highest BCUT2D eigenvalue weighted by Crippen LogP contribution is 2.42. The maximum atomic E-state index is 11.4. The molecule has 1 aliphatic rings. The van der Waals surface area contributed by atoms with Gasteiger partial charge in [0.05, 0.1) is 6.61 Å². The van der Waals surface area contributed by atoms with E-state index in [-0.39, 0.29) is 5.97 Å². The number of carbonyl (C=O) groups excluding carboxylic acids is 1. The van der Waals surface area contributed by atoms with Crippen LogP contribution in [0.4, 0.5) is 0 Å².